The molecule has 22 heteroatoms. The summed E-state index contributed by atoms with van der Waals surface area (Å²) in [5, 5.41) is 115. The Bertz CT molecular complexity index is 1340. The minimum Gasteiger partial charge on any atom is -0.459 e. The summed E-state index contributed by atoms with van der Waals surface area (Å²) in [6.45, 7) is 4.05. The van der Waals surface area contributed by atoms with Crippen molar-refractivity contribution in [3.05, 3.63) is 24.3 Å². The van der Waals surface area contributed by atoms with Crippen LogP contribution in [-0.4, -0.2) is 211 Å². The van der Waals surface area contributed by atoms with Gasteiger partial charge >= 0.3 is 11.9 Å². The molecule has 0 radical (unpaired) electrons. The molecule has 56 heavy (non-hydrogen) atoms. The number of hydrogen-bond donors (Lipinski definition) is 11. The molecule has 0 aliphatic carbocycles. The van der Waals surface area contributed by atoms with Crippen molar-refractivity contribution in [2.45, 2.75) is 143 Å². The maximum Gasteiger partial charge on any atom is 0.333 e. The lowest BCUT2D eigenvalue weighted by Crippen LogP contribution is -2.66. The van der Waals surface area contributed by atoms with Crippen LogP contribution >= 0.6 is 0 Å². The molecule has 0 amide bonds. The molecule has 11 N–H and O–H groups in total. The van der Waals surface area contributed by atoms with Crippen LogP contribution < -0.4 is 0 Å². The van der Waals surface area contributed by atoms with Gasteiger partial charge in [-0.2, -0.15) is 0 Å². The fourth-order valence-electron chi connectivity index (χ4n) is 6.22. The standard InChI is InChI=1S/C34H54O22/c1-5-33(4,46)8-6-7-14(2)28(45)48-11-18-25(55-30-23(42)21(40)19(38)16(9-35)52-30)24(43)26(31(54-18)51-15(3)37)56-29-22(41)20(39)17(10-49-29)53-32-27(44)34(47,12-36)13-50-32/h5,7,16-27,29-32,35-36,38-44,46-47H,1,6,8-13H2,2-4H3/b14-7+. The average molecular weight is 815 g/mol. The second-order valence-corrected chi connectivity index (χ2v) is 14.4. The van der Waals surface area contributed by atoms with Crippen molar-refractivity contribution in [2.24, 2.45) is 0 Å². The van der Waals surface area contributed by atoms with Gasteiger partial charge in [0.25, 0.3) is 0 Å². The summed E-state index contributed by atoms with van der Waals surface area (Å²) in [7, 11) is 0. The number of aliphatic hydroxyl groups excluding tert-OH is 9. The number of hydrogen-bond acceptors (Lipinski definition) is 22. The average Bonchev–Trinajstić information content (AvgIpc) is 3.44. The van der Waals surface area contributed by atoms with Crippen LogP contribution in [0.1, 0.15) is 33.6 Å². The molecule has 0 spiro atoms. The topological polar surface area (TPSA) is 340 Å². The molecule has 4 rings (SSSR count). The molecule has 4 aliphatic rings. The second-order valence-electron chi connectivity index (χ2n) is 14.4. The Labute approximate surface area is 320 Å². The zero-order chi connectivity index (χ0) is 41.7. The van der Waals surface area contributed by atoms with Crippen molar-refractivity contribution in [3.8, 4) is 0 Å². The predicted molar refractivity (Wildman–Crippen MR) is 179 cm³/mol. The third-order valence-corrected chi connectivity index (χ3v) is 9.89. The van der Waals surface area contributed by atoms with Crippen molar-refractivity contribution >= 4 is 11.9 Å². The molecule has 0 aromatic rings. The zero-order valence-corrected chi connectivity index (χ0v) is 31.0. The third kappa shape index (κ3) is 10.8. The lowest BCUT2D eigenvalue weighted by Gasteiger charge is -2.48. The van der Waals surface area contributed by atoms with Crippen LogP contribution in [-0.2, 0) is 52.2 Å². The van der Waals surface area contributed by atoms with E-state index in [1.165, 1.54) is 26.0 Å². The molecule has 4 saturated heterocycles. The summed E-state index contributed by atoms with van der Waals surface area (Å²) in [4.78, 5) is 25.1. The molecule has 4 fully saturated rings. The molecule has 0 saturated carbocycles. The zero-order valence-electron chi connectivity index (χ0n) is 31.0. The number of carbonyl (C=O) groups is 2. The summed E-state index contributed by atoms with van der Waals surface area (Å²) in [5.41, 5.74) is -3.12. The van der Waals surface area contributed by atoms with Crippen LogP contribution in [0.2, 0.25) is 0 Å². The van der Waals surface area contributed by atoms with Gasteiger partial charge in [-0.3, -0.25) is 4.79 Å². The summed E-state index contributed by atoms with van der Waals surface area (Å²) in [6.07, 6.45) is -24.9. The highest BCUT2D eigenvalue weighted by Gasteiger charge is 2.55. The van der Waals surface area contributed by atoms with E-state index in [0.717, 1.165) is 6.92 Å². The minimum absolute atomic E-state index is 0.118. The quantitative estimate of drug-likeness (QED) is 0.0393. The van der Waals surface area contributed by atoms with Crippen molar-refractivity contribution in [1.82, 2.24) is 0 Å². The molecule has 0 aromatic carbocycles. The van der Waals surface area contributed by atoms with E-state index in [0.29, 0.717) is 0 Å². The number of rotatable bonds is 16. The van der Waals surface area contributed by atoms with Gasteiger partial charge in [0, 0.05) is 12.5 Å². The van der Waals surface area contributed by atoms with E-state index in [1.54, 1.807) is 0 Å². The van der Waals surface area contributed by atoms with E-state index in [2.05, 4.69) is 6.58 Å². The minimum atomic E-state index is -2.05. The molecule has 322 valence electrons. The van der Waals surface area contributed by atoms with E-state index in [1.807, 2.05) is 0 Å². The number of allylic oxidation sites excluding steroid dienone is 1. The van der Waals surface area contributed by atoms with Crippen molar-refractivity contribution in [2.75, 3.05) is 33.0 Å². The first kappa shape index (κ1) is 46.4. The summed E-state index contributed by atoms with van der Waals surface area (Å²) >= 11 is 0. The third-order valence-electron chi connectivity index (χ3n) is 9.89. The van der Waals surface area contributed by atoms with Gasteiger partial charge in [0.05, 0.1) is 32.0 Å². The van der Waals surface area contributed by atoms with Gasteiger partial charge in [-0.25, -0.2) is 4.79 Å². The molecular formula is C34H54O22. The summed E-state index contributed by atoms with van der Waals surface area (Å²) in [5.74, 6) is -1.82. The fourth-order valence-corrected chi connectivity index (χ4v) is 6.22. The molecule has 18 atom stereocenters. The van der Waals surface area contributed by atoms with Gasteiger partial charge in [-0.05, 0) is 26.7 Å². The van der Waals surface area contributed by atoms with Gasteiger partial charge in [-0.1, -0.05) is 12.2 Å². The highest BCUT2D eigenvalue weighted by atomic mass is 16.8. The first-order chi connectivity index (χ1) is 26.3. The van der Waals surface area contributed by atoms with Crippen LogP contribution in [0, 0.1) is 0 Å². The SMILES string of the molecule is C=CC(C)(O)CC/C=C(\C)C(=O)OCC1OC(OC(C)=O)C(OC2OCC(OC3OCC(O)(CO)C3O)C(O)C2O)C(O)C1OC1OC(CO)C(O)C(O)C1O. The summed E-state index contributed by atoms with van der Waals surface area (Å²) in [6, 6.07) is 0. The van der Waals surface area contributed by atoms with E-state index in [4.69, 9.17) is 42.6 Å². The van der Waals surface area contributed by atoms with Crippen LogP contribution in [0.3, 0.4) is 0 Å². The Kier molecular flexibility index (Phi) is 16.3. The molecule has 4 aliphatic heterocycles. The van der Waals surface area contributed by atoms with E-state index >= 15 is 0 Å². The Morgan fingerprint density at radius 3 is 2.07 bits per heavy atom. The maximum atomic E-state index is 12.9. The Balaban J connectivity index is 1.54. The lowest BCUT2D eigenvalue weighted by atomic mass is 9.96. The Morgan fingerprint density at radius 1 is 0.821 bits per heavy atom. The molecular weight excluding hydrogens is 760 g/mol. The Morgan fingerprint density at radius 2 is 1.46 bits per heavy atom. The van der Waals surface area contributed by atoms with Crippen LogP contribution in [0.25, 0.3) is 0 Å². The van der Waals surface area contributed by atoms with Gasteiger partial charge in [0.2, 0.25) is 6.29 Å². The van der Waals surface area contributed by atoms with Crippen molar-refractivity contribution in [3.63, 3.8) is 0 Å². The van der Waals surface area contributed by atoms with Gasteiger partial charge < -0.3 is 98.8 Å². The number of ether oxygens (including phenoxy) is 9. The molecule has 0 bridgehead atoms. The van der Waals surface area contributed by atoms with E-state index < -0.39 is 155 Å². The maximum absolute atomic E-state index is 12.9. The van der Waals surface area contributed by atoms with E-state index in [-0.39, 0.29) is 18.4 Å². The van der Waals surface area contributed by atoms with Gasteiger partial charge in [0.15, 0.2) is 25.0 Å². The van der Waals surface area contributed by atoms with Crippen LogP contribution in [0.5, 0.6) is 0 Å². The van der Waals surface area contributed by atoms with Crippen molar-refractivity contribution in [1.29, 1.82) is 0 Å². The van der Waals surface area contributed by atoms with Crippen LogP contribution in [0.15, 0.2) is 24.3 Å². The smallest absolute Gasteiger partial charge is 0.333 e. The fraction of sp³-hybridized carbons (Fsp3) is 0.824. The highest BCUT2D eigenvalue weighted by molar-refractivity contribution is 5.87. The number of aliphatic hydroxyl groups is 11. The normalized spacial score (nSPS) is 43.1. The molecule has 18 unspecified atom stereocenters. The largest absolute Gasteiger partial charge is 0.459 e. The Hall–Kier alpha value is -2.30. The van der Waals surface area contributed by atoms with Crippen LogP contribution in [0.4, 0.5) is 0 Å². The van der Waals surface area contributed by atoms with E-state index in [9.17, 15) is 65.8 Å². The van der Waals surface area contributed by atoms with Crippen molar-refractivity contribution < 1.29 is 108 Å². The first-order valence-corrected chi connectivity index (χ1v) is 17.9. The number of esters is 2. The summed E-state index contributed by atoms with van der Waals surface area (Å²) < 4.78 is 49.8. The molecule has 0 aromatic heterocycles. The second kappa shape index (κ2) is 19.6. The van der Waals surface area contributed by atoms with Gasteiger partial charge in [0.1, 0.15) is 79.4 Å². The first-order valence-electron chi connectivity index (χ1n) is 17.9. The highest BCUT2D eigenvalue weighted by Crippen LogP contribution is 2.34. The molecule has 4 heterocycles. The predicted octanol–water partition coefficient (Wildman–Crippen LogP) is -5.68. The lowest BCUT2D eigenvalue weighted by molar-refractivity contribution is -0.379. The number of carbonyl (C=O) groups excluding carboxylic acids is 2. The monoisotopic (exact) mass is 814 g/mol. The van der Waals surface area contributed by atoms with Gasteiger partial charge in [-0.15, -0.1) is 6.58 Å². The molecule has 22 nitrogen and oxygen atoms in total.